The van der Waals surface area contributed by atoms with Crippen LogP contribution in [0.3, 0.4) is 0 Å². The van der Waals surface area contributed by atoms with Crippen molar-refractivity contribution in [3.63, 3.8) is 0 Å². The molecule has 1 heterocycles. The summed E-state index contributed by atoms with van der Waals surface area (Å²) in [7, 11) is -3.62. The van der Waals surface area contributed by atoms with Crippen LogP contribution in [0.4, 0.5) is 5.69 Å². The number of nitrogens with one attached hydrogen (secondary N) is 1. The van der Waals surface area contributed by atoms with E-state index in [-0.39, 0.29) is 16.7 Å². The molecule has 0 radical (unpaired) electrons. The SMILES string of the molecule is O=C(Nc1cc(S(=O)(=O)N2CCOCC2)ccc1Cl)C1CC2CCC1C2. The molecular weight excluding hydrogens is 376 g/mol. The van der Waals surface area contributed by atoms with Gasteiger partial charge in [0.2, 0.25) is 15.9 Å². The summed E-state index contributed by atoms with van der Waals surface area (Å²) in [5.74, 6) is 1.10. The molecule has 3 aliphatic rings. The molecule has 0 spiro atoms. The van der Waals surface area contributed by atoms with Crippen molar-refractivity contribution in [3.05, 3.63) is 23.2 Å². The monoisotopic (exact) mass is 398 g/mol. The van der Waals surface area contributed by atoms with Gasteiger partial charge in [0.15, 0.2) is 0 Å². The van der Waals surface area contributed by atoms with E-state index in [4.69, 9.17) is 16.3 Å². The Balaban J connectivity index is 1.53. The summed E-state index contributed by atoms with van der Waals surface area (Å²) in [6, 6.07) is 4.49. The zero-order valence-corrected chi connectivity index (χ0v) is 16.1. The highest BCUT2D eigenvalue weighted by atomic mass is 35.5. The van der Waals surface area contributed by atoms with Gasteiger partial charge < -0.3 is 10.1 Å². The van der Waals surface area contributed by atoms with Gasteiger partial charge in [0.05, 0.1) is 28.8 Å². The fourth-order valence-corrected chi connectivity index (χ4v) is 6.09. The number of ether oxygens (including phenoxy) is 1. The number of carbonyl (C=O) groups is 1. The minimum absolute atomic E-state index is 0.0179. The molecule has 4 rings (SSSR count). The van der Waals surface area contributed by atoms with Crippen molar-refractivity contribution in [3.8, 4) is 0 Å². The average molecular weight is 399 g/mol. The van der Waals surface area contributed by atoms with Crippen LogP contribution in [-0.4, -0.2) is 44.9 Å². The lowest BCUT2D eigenvalue weighted by Crippen LogP contribution is -2.40. The number of hydrogen-bond donors (Lipinski definition) is 1. The smallest absolute Gasteiger partial charge is 0.243 e. The standard InChI is InChI=1S/C18H23ClN2O4S/c19-16-4-3-14(26(23,24)21-5-7-25-8-6-21)11-17(16)20-18(22)15-10-12-1-2-13(15)9-12/h3-4,11-13,15H,1-2,5-10H2,(H,20,22). The summed E-state index contributed by atoms with van der Waals surface area (Å²) in [5.41, 5.74) is 0.369. The molecule has 1 amide bonds. The summed E-state index contributed by atoms with van der Waals surface area (Å²) < 4.78 is 32.3. The summed E-state index contributed by atoms with van der Waals surface area (Å²) in [6.07, 6.45) is 4.40. The van der Waals surface area contributed by atoms with Gasteiger partial charge in [0.25, 0.3) is 0 Å². The van der Waals surface area contributed by atoms with Crippen molar-refractivity contribution in [2.75, 3.05) is 31.6 Å². The second-order valence-corrected chi connectivity index (χ2v) is 9.77. The van der Waals surface area contributed by atoms with E-state index in [9.17, 15) is 13.2 Å². The molecule has 2 saturated carbocycles. The molecule has 1 saturated heterocycles. The summed E-state index contributed by atoms with van der Waals surface area (Å²) in [5, 5.41) is 3.22. The number of benzene rings is 1. The first kappa shape index (κ1) is 18.2. The number of hydrogen-bond acceptors (Lipinski definition) is 4. The van der Waals surface area contributed by atoms with Gasteiger partial charge in [-0.2, -0.15) is 4.31 Å². The first-order valence-electron chi connectivity index (χ1n) is 9.13. The highest BCUT2D eigenvalue weighted by Crippen LogP contribution is 2.48. The Morgan fingerprint density at radius 3 is 2.62 bits per heavy atom. The first-order valence-corrected chi connectivity index (χ1v) is 11.0. The van der Waals surface area contributed by atoms with E-state index in [1.165, 1.54) is 28.9 Å². The van der Waals surface area contributed by atoms with Crippen molar-refractivity contribution >= 4 is 33.2 Å². The molecule has 1 aromatic carbocycles. The maximum Gasteiger partial charge on any atom is 0.243 e. The number of anilines is 1. The fraction of sp³-hybridized carbons (Fsp3) is 0.611. The lowest BCUT2D eigenvalue weighted by atomic mass is 9.88. The molecule has 26 heavy (non-hydrogen) atoms. The predicted molar refractivity (Wildman–Crippen MR) is 98.6 cm³/mol. The van der Waals surface area contributed by atoms with Crippen LogP contribution in [0, 0.1) is 17.8 Å². The fourth-order valence-electron chi connectivity index (χ4n) is 4.49. The van der Waals surface area contributed by atoms with E-state index < -0.39 is 10.0 Å². The number of halogens is 1. The van der Waals surface area contributed by atoms with E-state index in [0.29, 0.717) is 48.8 Å². The maximum absolute atomic E-state index is 12.8. The third-order valence-electron chi connectivity index (χ3n) is 5.88. The molecule has 3 atom stereocenters. The summed E-state index contributed by atoms with van der Waals surface area (Å²) in [4.78, 5) is 12.8. The summed E-state index contributed by atoms with van der Waals surface area (Å²) >= 11 is 6.22. The highest BCUT2D eigenvalue weighted by molar-refractivity contribution is 7.89. The minimum Gasteiger partial charge on any atom is -0.379 e. The van der Waals surface area contributed by atoms with Crippen molar-refractivity contribution in [2.45, 2.75) is 30.6 Å². The lowest BCUT2D eigenvalue weighted by Gasteiger charge is -2.26. The molecule has 6 nitrogen and oxygen atoms in total. The molecule has 142 valence electrons. The quantitative estimate of drug-likeness (QED) is 0.846. The van der Waals surface area contributed by atoms with Crippen LogP contribution in [0.25, 0.3) is 0 Å². The zero-order valence-electron chi connectivity index (χ0n) is 14.5. The molecule has 1 aromatic rings. The molecule has 0 aromatic heterocycles. The van der Waals surface area contributed by atoms with E-state index in [0.717, 1.165) is 19.3 Å². The second kappa shape index (κ2) is 7.11. The summed E-state index contributed by atoms with van der Waals surface area (Å²) in [6.45, 7) is 1.44. The molecule has 2 aliphatic carbocycles. The number of sulfonamides is 1. The Bertz CT molecular complexity index is 807. The van der Waals surface area contributed by atoms with E-state index in [1.807, 2.05) is 0 Å². The Morgan fingerprint density at radius 2 is 1.96 bits per heavy atom. The highest BCUT2D eigenvalue weighted by Gasteiger charge is 2.43. The number of amides is 1. The van der Waals surface area contributed by atoms with Crippen LogP contribution in [0.1, 0.15) is 25.7 Å². The van der Waals surface area contributed by atoms with Gasteiger partial charge in [-0.15, -0.1) is 0 Å². The molecule has 8 heteroatoms. The van der Waals surface area contributed by atoms with Crippen LogP contribution in [0.15, 0.2) is 23.1 Å². The molecule has 3 fully saturated rings. The third kappa shape index (κ3) is 3.38. The van der Waals surface area contributed by atoms with Gasteiger partial charge in [0.1, 0.15) is 0 Å². The van der Waals surface area contributed by atoms with Crippen molar-refractivity contribution in [2.24, 2.45) is 17.8 Å². The second-order valence-electron chi connectivity index (χ2n) is 7.43. The Labute approximate surface area is 158 Å². The number of nitrogens with zero attached hydrogens (tertiary/aromatic N) is 1. The zero-order chi connectivity index (χ0) is 18.3. The molecule has 1 N–H and O–H groups in total. The van der Waals surface area contributed by atoms with Crippen molar-refractivity contribution < 1.29 is 17.9 Å². The first-order chi connectivity index (χ1) is 12.4. The molecule has 3 unspecified atom stereocenters. The van der Waals surface area contributed by atoms with Crippen LogP contribution in [-0.2, 0) is 19.6 Å². The van der Waals surface area contributed by atoms with Crippen LogP contribution in [0.5, 0.6) is 0 Å². The Kier molecular flexibility index (Phi) is 4.98. The number of carbonyl (C=O) groups excluding carboxylic acids is 1. The van der Waals surface area contributed by atoms with Gasteiger partial charge >= 0.3 is 0 Å². The van der Waals surface area contributed by atoms with E-state index >= 15 is 0 Å². The molecule has 1 aliphatic heterocycles. The van der Waals surface area contributed by atoms with E-state index in [1.54, 1.807) is 0 Å². The number of fused-ring (bicyclic) bond motifs is 2. The largest absolute Gasteiger partial charge is 0.379 e. The van der Waals surface area contributed by atoms with Gasteiger partial charge in [-0.1, -0.05) is 18.0 Å². The number of rotatable bonds is 4. The topological polar surface area (TPSA) is 75.7 Å². The van der Waals surface area contributed by atoms with Gasteiger partial charge in [-0.3, -0.25) is 4.79 Å². The maximum atomic E-state index is 12.8. The van der Waals surface area contributed by atoms with Crippen LogP contribution in [0.2, 0.25) is 5.02 Å². The van der Waals surface area contributed by atoms with Gasteiger partial charge in [0, 0.05) is 19.0 Å². The molecular formula is C18H23ClN2O4S. The van der Waals surface area contributed by atoms with Crippen molar-refractivity contribution in [1.29, 1.82) is 0 Å². The van der Waals surface area contributed by atoms with Crippen molar-refractivity contribution in [1.82, 2.24) is 4.31 Å². The van der Waals surface area contributed by atoms with Crippen LogP contribution >= 0.6 is 11.6 Å². The minimum atomic E-state index is -3.62. The van der Waals surface area contributed by atoms with Gasteiger partial charge in [-0.05, 0) is 49.3 Å². The van der Waals surface area contributed by atoms with Gasteiger partial charge in [-0.25, -0.2) is 8.42 Å². The predicted octanol–water partition coefficient (Wildman–Crippen LogP) is 2.74. The third-order valence-corrected chi connectivity index (χ3v) is 8.10. The molecule has 2 bridgehead atoms. The number of morpholine rings is 1. The Hall–Kier alpha value is -1.15. The Morgan fingerprint density at radius 1 is 1.19 bits per heavy atom. The lowest BCUT2D eigenvalue weighted by molar-refractivity contribution is -0.121. The average Bonchev–Trinajstić information content (AvgIpc) is 3.27. The normalized spacial score (nSPS) is 29.0. The van der Waals surface area contributed by atoms with Crippen LogP contribution < -0.4 is 5.32 Å². The van der Waals surface area contributed by atoms with E-state index in [2.05, 4.69) is 5.32 Å².